The lowest BCUT2D eigenvalue weighted by molar-refractivity contribution is 0.0691. The number of ether oxygens (including phenoxy) is 2. The molecule has 0 aliphatic carbocycles. The first-order chi connectivity index (χ1) is 12.2. The Bertz CT molecular complexity index is 1080. The van der Waals surface area contributed by atoms with Crippen molar-refractivity contribution in [2.75, 3.05) is 7.11 Å². The van der Waals surface area contributed by atoms with Gasteiger partial charge in [0.15, 0.2) is 0 Å². The second-order valence-corrected chi connectivity index (χ2v) is 5.62. The van der Waals surface area contributed by atoms with Crippen LogP contribution >= 0.6 is 0 Å². The maximum absolute atomic E-state index is 11.1. The Balaban J connectivity index is 1.65. The number of methoxy groups -OCH3 is 1. The van der Waals surface area contributed by atoms with Crippen molar-refractivity contribution in [1.29, 1.82) is 0 Å². The van der Waals surface area contributed by atoms with Crippen LogP contribution in [-0.2, 0) is 6.61 Å². The fourth-order valence-electron chi connectivity index (χ4n) is 2.82. The van der Waals surface area contributed by atoms with Gasteiger partial charge in [0.25, 0.3) is 0 Å². The summed E-state index contributed by atoms with van der Waals surface area (Å²) >= 11 is 0. The summed E-state index contributed by atoms with van der Waals surface area (Å²) < 4.78 is 16.7. The molecule has 2 N–H and O–H groups in total. The highest BCUT2D eigenvalue weighted by atomic mass is 16.5. The predicted octanol–water partition coefficient (Wildman–Crippen LogP) is 4.20. The van der Waals surface area contributed by atoms with Gasteiger partial charge >= 0.3 is 5.97 Å². The predicted molar refractivity (Wildman–Crippen MR) is 92.4 cm³/mol. The van der Waals surface area contributed by atoms with Gasteiger partial charge in [0.05, 0.1) is 13.4 Å². The smallest absolute Gasteiger partial charge is 0.352 e. The zero-order chi connectivity index (χ0) is 17.4. The molecule has 2 heterocycles. The van der Waals surface area contributed by atoms with Gasteiger partial charge < -0.3 is 24.0 Å². The van der Waals surface area contributed by atoms with E-state index >= 15 is 0 Å². The molecule has 126 valence electrons. The number of fused-ring (bicyclic) bond motifs is 2. The van der Waals surface area contributed by atoms with E-state index in [9.17, 15) is 4.79 Å². The van der Waals surface area contributed by atoms with E-state index in [4.69, 9.17) is 19.0 Å². The van der Waals surface area contributed by atoms with Crippen LogP contribution in [0.15, 0.2) is 53.1 Å². The molecule has 0 atom stereocenters. The highest BCUT2D eigenvalue weighted by Gasteiger charge is 2.12. The van der Waals surface area contributed by atoms with E-state index in [1.807, 2.05) is 36.4 Å². The number of aromatic nitrogens is 1. The quantitative estimate of drug-likeness (QED) is 0.570. The van der Waals surface area contributed by atoms with Crippen molar-refractivity contribution in [3.8, 4) is 11.5 Å². The van der Waals surface area contributed by atoms with Crippen molar-refractivity contribution in [3.05, 3.63) is 60.0 Å². The molecule has 2 aromatic carbocycles. The van der Waals surface area contributed by atoms with Crippen molar-refractivity contribution in [3.63, 3.8) is 0 Å². The molecule has 0 bridgehead atoms. The van der Waals surface area contributed by atoms with Gasteiger partial charge in [-0.1, -0.05) is 6.07 Å². The number of hydrogen-bond donors (Lipinski definition) is 2. The van der Waals surface area contributed by atoms with Crippen LogP contribution in [0.1, 0.15) is 16.1 Å². The molecule has 0 aliphatic rings. The first kappa shape index (κ1) is 15.1. The van der Waals surface area contributed by atoms with Crippen LogP contribution < -0.4 is 9.47 Å². The monoisotopic (exact) mass is 337 g/mol. The van der Waals surface area contributed by atoms with Crippen LogP contribution in [0, 0.1) is 0 Å². The highest BCUT2D eigenvalue weighted by molar-refractivity contribution is 5.96. The number of H-pyrrole nitrogens is 1. The molecule has 4 rings (SSSR count). The van der Waals surface area contributed by atoms with Gasteiger partial charge in [0.2, 0.25) is 0 Å². The fourth-order valence-corrected chi connectivity index (χ4v) is 2.82. The minimum atomic E-state index is -1.00. The standard InChI is InChI=1S/C19H15NO5/c1-23-12-5-6-18-13(7-12)11(10-25-18)9-24-17-4-2-3-15-14(17)8-16(20-15)19(21)22/h2-8,10,20H,9H2,1H3,(H,21,22). The Morgan fingerprint density at radius 2 is 2.08 bits per heavy atom. The first-order valence-electron chi connectivity index (χ1n) is 7.67. The van der Waals surface area contributed by atoms with Gasteiger partial charge in [0.1, 0.15) is 29.4 Å². The van der Waals surface area contributed by atoms with Crippen LogP contribution in [0.3, 0.4) is 0 Å². The molecule has 0 radical (unpaired) electrons. The summed E-state index contributed by atoms with van der Waals surface area (Å²) in [7, 11) is 1.62. The molecule has 6 nitrogen and oxygen atoms in total. The van der Waals surface area contributed by atoms with Crippen LogP contribution in [-0.4, -0.2) is 23.2 Å². The van der Waals surface area contributed by atoms with Crippen LogP contribution in [0.2, 0.25) is 0 Å². The van der Waals surface area contributed by atoms with Gasteiger partial charge in [-0.25, -0.2) is 4.79 Å². The topological polar surface area (TPSA) is 84.7 Å². The molecule has 25 heavy (non-hydrogen) atoms. The van der Waals surface area contributed by atoms with E-state index in [0.29, 0.717) is 17.9 Å². The number of carbonyl (C=O) groups is 1. The molecule has 0 spiro atoms. The maximum Gasteiger partial charge on any atom is 0.352 e. The van der Waals surface area contributed by atoms with E-state index in [2.05, 4.69) is 4.98 Å². The van der Waals surface area contributed by atoms with Crippen molar-refractivity contribution in [1.82, 2.24) is 4.98 Å². The lowest BCUT2D eigenvalue weighted by Gasteiger charge is -2.06. The van der Waals surface area contributed by atoms with Crippen LogP contribution in [0.4, 0.5) is 0 Å². The normalized spacial score (nSPS) is 11.1. The third-order valence-electron chi connectivity index (χ3n) is 4.10. The van der Waals surface area contributed by atoms with Crippen LogP contribution in [0.25, 0.3) is 21.9 Å². The van der Waals surface area contributed by atoms with Gasteiger partial charge in [-0.3, -0.25) is 0 Å². The third kappa shape index (κ3) is 2.67. The maximum atomic E-state index is 11.1. The average Bonchev–Trinajstić information content (AvgIpc) is 3.23. The molecular weight excluding hydrogens is 322 g/mol. The minimum absolute atomic E-state index is 0.129. The summed E-state index contributed by atoms with van der Waals surface area (Å²) in [5, 5.41) is 10.8. The molecule has 0 amide bonds. The van der Waals surface area contributed by atoms with Crippen molar-refractivity contribution in [2.24, 2.45) is 0 Å². The molecule has 4 aromatic rings. The van der Waals surface area contributed by atoms with Gasteiger partial charge in [-0.2, -0.15) is 0 Å². The Hall–Kier alpha value is -3.41. The number of hydrogen-bond acceptors (Lipinski definition) is 4. The lowest BCUT2D eigenvalue weighted by Crippen LogP contribution is -1.95. The highest BCUT2D eigenvalue weighted by Crippen LogP contribution is 2.30. The SMILES string of the molecule is COc1ccc2occ(COc3cccc4[nH]c(C(=O)O)cc34)c2c1. The lowest BCUT2D eigenvalue weighted by atomic mass is 10.2. The largest absolute Gasteiger partial charge is 0.497 e. The summed E-state index contributed by atoms with van der Waals surface area (Å²) in [6.45, 7) is 0.298. The van der Waals surface area contributed by atoms with Crippen molar-refractivity contribution >= 4 is 27.8 Å². The summed E-state index contributed by atoms with van der Waals surface area (Å²) in [4.78, 5) is 14.0. The average molecular weight is 337 g/mol. The van der Waals surface area contributed by atoms with Crippen molar-refractivity contribution in [2.45, 2.75) is 6.61 Å². The van der Waals surface area contributed by atoms with E-state index < -0.39 is 5.97 Å². The second-order valence-electron chi connectivity index (χ2n) is 5.62. The van der Waals surface area contributed by atoms with Gasteiger partial charge in [-0.15, -0.1) is 0 Å². The number of aromatic amines is 1. The molecule has 0 saturated heterocycles. The Labute approximate surface area is 142 Å². The van der Waals surface area contributed by atoms with E-state index in [-0.39, 0.29) is 5.69 Å². The third-order valence-corrected chi connectivity index (χ3v) is 4.10. The first-order valence-corrected chi connectivity index (χ1v) is 7.67. The number of aromatic carboxylic acids is 1. The molecule has 0 aliphatic heterocycles. The summed E-state index contributed by atoms with van der Waals surface area (Å²) in [6, 6.07) is 12.6. The Morgan fingerprint density at radius 3 is 2.88 bits per heavy atom. The number of carboxylic acid groups (broad SMARTS) is 1. The molecule has 0 unspecified atom stereocenters. The Morgan fingerprint density at radius 1 is 1.20 bits per heavy atom. The number of carboxylic acids is 1. The summed E-state index contributed by atoms with van der Waals surface area (Å²) in [5.41, 5.74) is 2.49. The second kappa shape index (κ2) is 5.90. The van der Waals surface area contributed by atoms with E-state index in [1.54, 1.807) is 19.4 Å². The van der Waals surface area contributed by atoms with Crippen molar-refractivity contribution < 1.29 is 23.8 Å². The molecule has 2 aromatic heterocycles. The molecule has 0 saturated carbocycles. The minimum Gasteiger partial charge on any atom is -0.497 e. The van der Waals surface area contributed by atoms with Crippen LogP contribution in [0.5, 0.6) is 11.5 Å². The van der Waals surface area contributed by atoms with Gasteiger partial charge in [0, 0.05) is 21.9 Å². The van der Waals surface area contributed by atoms with Gasteiger partial charge in [-0.05, 0) is 36.4 Å². The zero-order valence-electron chi connectivity index (χ0n) is 13.4. The Kier molecular flexibility index (Phi) is 3.57. The van der Waals surface area contributed by atoms with E-state index in [0.717, 1.165) is 27.7 Å². The fraction of sp³-hybridized carbons (Fsp3) is 0.105. The number of benzene rings is 2. The summed E-state index contributed by atoms with van der Waals surface area (Å²) in [5.74, 6) is 0.350. The molecule has 6 heteroatoms. The molecule has 0 fully saturated rings. The zero-order valence-corrected chi connectivity index (χ0v) is 13.4. The summed E-state index contributed by atoms with van der Waals surface area (Å²) in [6.07, 6.45) is 1.66. The van der Waals surface area contributed by atoms with E-state index in [1.165, 1.54) is 0 Å². The molecular formula is C19H15NO5. The number of nitrogens with one attached hydrogen (secondary N) is 1. The number of furan rings is 1. The number of rotatable bonds is 5.